The summed E-state index contributed by atoms with van der Waals surface area (Å²) in [6.07, 6.45) is 4.85. The molecule has 1 N–H and O–H groups in total. The second kappa shape index (κ2) is 5.03. The summed E-state index contributed by atoms with van der Waals surface area (Å²) in [4.78, 5) is 2.56. The fraction of sp³-hybridized carbons (Fsp3) is 0.467. The normalized spacial score (nSPS) is 20.8. The molecule has 3 rings (SSSR count). The van der Waals surface area contributed by atoms with Gasteiger partial charge in [0, 0.05) is 32.7 Å². The minimum Gasteiger partial charge on any atom is -0.314 e. The van der Waals surface area contributed by atoms with E-state index in [9.17, 15) is 0 Å². The van der Waals surface area contributed by atoms with Crippen molar-refractivity contribution in [2.75, 3.05) is 32.7 Å². The standard InChI is InChI=1S/C15H20N2/c1-2-7-15-13(4-1)5-3-6-14(15)12-17-10-8-16-9-11-17/h1-2,4,6-7,16H,3,5,8-12H2. The van der Waals surface area contributed by atoms with Crippen molar-refractivity contribution in [3.63, 3.8) is 0 Å². The zero-order valence-corrected chi connectivity index (χ0v) is 10.3. The van der Waals surface area contributed by atoms with Crippen LogP contribution in [0, 0.1) is 0 Å². The molecule has 2 heteroatoms. The number of piperazine rings is 1. The van der Waals surface area contributed by atoms with Gasteiger partial charge in [-0.05, 0) is 29.5 Å². The van der Waals surface area contributed by atoms with Crippen LogP contribution in [0.15, 0.2) is 30.3 Å². The minimum atomic E-state index is 1.12. The molecule has 1 aromatic rings. The molecule has 0 radical (unpaired) electrons. The molecule has 0 atom stereocenters. The molecule has 0 amide bonds. The number of hydrogen-bond acceptors (Lipinski definition) is 2. The van der Waals surface area contributed by atoms with Gasteiger partial charge in [-0.2, -0.15) is 0 Å². The van der Waals surface area contributed by atoms with Gasteiger partial charge in [0.05, 0.1) is 0 Å². The second-order valence-electron chi connectivity index (χ2n) is 4.95. The van der Waals surface area contributed by atoms with Gasteiger partial charge in [-0.1, -0.05) is 30.3 Å². The van der Waals surface area contributed by atoms with E-state index < -0.39 is 0 Å². The number of allylic oxidation sites excluding steroid dienone is 1. The summed E-state index contributed by atoms with van der Waals surface area (Å²) < 4.78 is 0. The maximum Gasteiger partial charge on any atom is 0.0237 e. The maximum absolute atomic E-state index is 3.41. The van der Waals surface area contributed by atoms with Gasteiger partial charge >= 0.3 is 0 Å². The van der Waals surface area contributed by atoms with Crippen LogP contribution in [0.2, 0.25) is 0 Å². The smallest absolute Gasteiger partial charge is 0.0237 e. The van der Waals surface area contributed by atoms with E-state index >= 15 is 0 Å². The number of hydrogen-bond donors (Lipinski definition) is 1. The fourth-order valence-electron chi connectivity index (χ4n) is 2.82. The van der Waals surface area contributed by atoms with Crippen molar-refractivity contribution in [3.05, 3.63) is 41.5 Å². The van der Waals surface area contributed by atoms with Crippen LogP contribution < -0.4 is 5.32 Å². The van der Waals surface area contributed by atoms with E-state index in [2.05, 4.69) is 40.6 Å². The third-order valence-corrected chi connectivity index (χ3v) is 3.77. The van der Waals surface area contributed by atoms with E-state index in [4.69, 9.17) is 0 Å². The first-order valence-electron chi connectivity index (χ1n) is 6.64. The number of aryl methyl sites for hydroxylation is 1. The summed E-state index contributed by atoms with van der Waals surface area (Å²) in [5.41, 5.74) is 4.55. The van der Waals surface area contributed by atoms with E-state index in [1.807, 2.05) is 0 Å². The van der Waals surface area contributed by atoms with Crippen LogP contribution in [0.1, 0.15) is 17.5 Å². The summed E-state index contributed by atoms with van der Waals surface area (Å²) in [5, 5.41) is 3.41. The molecular weight excluding hydrogens is 208 g/mol. The van der Waals surface area contributed by atoms with Crippen molar-refractivity contribution in [2.24, 2.45) is 0 Å². The highest BCUT2D eigenvalue weighted by molar-refractivity contribution is 5.71. The SMILES string of the molecule is C1=C(CN2CCNCC2)c2ccccc2CC1. The molecule has 1 heterocycles. The molecule has 1 aromatic carbocycles. The van der Waals surface area contributed by atoms with Gasteiger partial charge in [0.25, 0.3) is 0 Å². The Morgan fingerprint density at radius 1 is 1.12 bits per heavy atom. The predicted octanol–water partition coefficient (Wildman–Crippen LogP) is 1.92. The Bertz CT molecular complexity index is 417. The number of rotatable bonds is 2. The van der Waals surface area contributed by atoms with E-state index in [1.54, 1.807) is 0 Å². The monoisotopic (exact) mass is 228 g/mol. The van der Waals surface area contributed by atoms with E-state index in [0.29, 0.717) is 0 Å². The molecule has 0 unspecified atom stereocenters. The fourth-order valence-corrected chi connectivity index (χ4v) is 2.82. The van der Waals surface area contributed by atoms with Gasteiger partial charge in [0.15, 0.2) is 0 Å². The topological polar surface area (TPSA) is 15.3 Å². The summed E-state index contributed by atoms with van der Waals surface area (Å²) in [5.74, 6) is 0. The Hall–Kier alpha value is -1.12. The number of fused-ring (bicyclic) bond motifs is 1. The first-order chi connectivity index (χ1) is 8.43. The Morgan fingerprint density at radius 2 is 1.94 bits per heavy atom. The van der Waals surface area contributed by atoms with Gasteiger partial charge in [0.2, 0.25) is 0 Å². The van der Waals surface area contributed by atoms with Gasteiger partial charge in [-0.25, -0.2) is 0 Å². The maximum atomic E-state index is 3.41. The molecule has 0 aromatic heterocycles. The molecule has 0 spiro atoms. The Labute approximate surface area is 103 Å². The quantitative estimate of drug-likeness (QED) is 0.832. The van der Waals surface area contributed by atoms with Gasteiger partial charge in [0.1, 0.15) is 0 Å². The van der Waals surface area contributed by atoms with Gasteiger partial charge in [-0.15, -0.1) is 0 Å². The van der Waals surface area contributed by atoms with Crippen molar-refractivity contribution in [1.82, 2.24) is 10.2 Å². The molecule has 2 aliphatic rings. The van der Waals surface area contributed by atoms with Crippen LogP contribution in [0.25, 0.3) is 5.57 Å². The highest BCUT2D eigenvalue weighted by Gasteiger charge is 2.16. The van der Waals surface area contributed by atoms with Crippen molar-refractivity contribution in [1.29, 1.82) is 0 Å². The molecular formula is C15H20N2. The number of benzene rings is 1. The Balaban J connectivity index is 1.76. The van der Waals surface area contributed by atoms with Crippen molar-refractivity contribution < 1.29 is 0 Å². The zero-order chi connectivity index (χ0) is 11.5. The molecule has 1 saturated heterocycles. The lowest BCUT2D eigenvalue weighted by atomic mass is 9.90. The molecule has 90 valence electrons. The molecule has 0 bridgehead atoms. The first-order valence-corrected chi connectivity index (χ1v) is 6.64. The molecule has 17 heavy (non-hydrogen) atoms. The van der Waals surface area contributed by atoms with Crippen LogP contribution in [-0.4, -0.2) is 37.6 Å². The van der Waals surface area contributed by atoms with E-state index in [-0.39, 0.29) is 0 Å². The van der Waals surface area contributed by atoms with Crippen LogP contribution in [0.4, 0.5) is 0 Å². The summed E-state index contributed by atoms with van der Waals surface area (Å²) in [6, 6.07) is 8.88. The average Bonchev–Trinajstić information content (AvgIpc) is 2.40. The lowest BCUT2D eigenvalue weighted by Crippen LogP contribution is -2.44. The van der Waals surface area contributed by atoms with Crippen molar-refractivity contribution >= 4 is 5.57 Å². The minimum absolute atomic E-state index is 1.12. The molecule has 1 fully saturated rings. The third-order valence-electron chi connectivity index (χ3n) is 3.77. The lowest BCUT2D eigenvalue weighted by molar-refractivity contribution is 0.268. The largest absolute Gasteiger partial charge is 0.314 e. The van der Waals surface area contributed by atoms with E-state index in [1.165, 1.54) is 42.6 Å². The number of nitrogens with one attached hydrogen (secondary N) is 1. The summed E-state index contributed by atoms with van der Waals surface area (Å²) in [7, 11) is 0. The summed E-state index contributed by atoms with van der Waals surface area (Å²) >= 11 is 0. The van der Waals surface area contributed by atoms with E-state index in [0.717, 1.165) is 19.6 Å². The Morgan fingerprint density at radius 3 is 2.82 bits per heavy atom. The molecule has 2 nitrogen and oxygen atoms in total. The van der Waals surface area contributed by atoms with Crippen LogP contribution in [0.3, 0.4) is 0 Å². The van der Waals surface area contributed by atoms with Crippen molar-refractivity contribution in [3.8, 4) is 0 Å². The van der Waals surface area contributed by atoms with Crippen LogP contribution in [-0.2, 0) is 6.42 Å². The first kappa shape index (κ1) is 11.0. The zero-order valence-electron chi connectivity index (χ0n) is 10.3. The average molecular weight is 228 g/mol. The highest BCUT2D eigenvalue weighted by Crippen LogP contribution is 2.26. The van der Waals surface area contributed by atoms with Crippen LogP contribution >= 0.6 is 0 Å². The Kier molecular flexibility index (Phi) is 3.25. The summed E-state index contributed by atoms with van der Waals surface area (Å²) in [6.45, 7) is 5.75. The molecule has 0 saturated carbocycles. The second-order valence-corrected chi connectivity index (χ2v) is 4.95. The third kappa shape index (κ3) is 2.43. The highest BCUT2D eigenvalue weighted by atomic mass is 15.2. The van der Waals surface area contributed by atoms with Gasteiger partial charge in [-0.3, -0.25) is 4.90 Å². The van der Waals surface area contributed by atoms with Gasteiger partial charge < -0.3 is 5.32 Å². The predicted molar refractivity (Wildman–Crippen MR) is 72.0 cm³/mol. The van der Waals surface area contributed by atoms with Crippen LogP contribution in [0.5, 0.6) is 0 Å². The van der Waals surface area contributed by atoms with Crippen molar-refractivity contribution in [2.45, 2.75) is 12.8 Å². The molecule has 1 aliphatic carbocycles. The molecule has 1 aliphatic heterocycles. The lowest BCUT2D eigenvalue weighted by Gasteiger charge is -2.29. The number of nitrogens with zero attached hydrogens (tertiary/aromatic N) is 1.